The molecule has 0 unspecified atom stereocenters. The standard InChI is InChI=1S/C8H18.2C3H8/c1-5-8(4,6-2)7-3;2*1-3-2/h5-7H2,1-4H3;2*3H2,1-2H3. The van der Waals surface area contributed by atoms with Crippen LogP contribution in [0.3, 0.4) is 0 Å². The van der Waals surface area contributed by atoms with Gasteiger partial charge in [0.2, 0.25) is 0 Å². The van der Waals surface area contributed by atoms with E-state index in [1.165, 1.54) is 32.1 Å². The van der Waals surface area contributed by atoms with Gasteiger partial charge in [-0.05, 0) is 5.41 Å². The second-order valence-electron chi connectivity index (χ2n) is 4.29. The Morgan fingerprint density at radius 3 is 0.714 bits per heavy atom. The summed E-state index contributed by atoms with van der Waals surface area (Å²) in [6.45, 7) is 17.7. The van der Waals surface area contributed by atoms with Crippen LogP contribution in [0.25, 0.3) is 0 Å². The number of hydrogen-bond acceptors (Lipinski definition) is 0. The summed E-state index contributed by atoms with van der Waals surface area (Å²) in [6.07, 6.45) is 6.46. The lowest BCUT2D eigenvalue weighted by Gasteiger charge is -2.23. The predicted octanol–water partition coefficient (Wildman–Crippen LogP) is 6.06. The van der Waals surface area contributed by atoms with Gasteiger partial charge < -0.3 is 0 Å². The quantitative estimate of drug-likeness (QED) is 0.522. The Hall–Kier alpha value is 0. The second-order valence-corrected chi connectivity index (χ2v) is 4.29. The zero-order valence-corrected chi connectivity index (χ0v) is 12.0. The van der Waals surface area contributed by atoms with E-state index in [0.29, 0.717) is 5.41 Å². The zero-order valence-electron chi connectivity index (χ0n) is 12.0. The van der Waals surface area contributed by atoms with Crippen molar-refractivity contribution in [2.75, 3.05) is 0 Å². The Morgan fingerprint density at radius 1 is 0.571 bits per heavy atom. The normalized spacial score (nSPS) is 9.43. The van der Waals surface area contributed by atoms with E-state index in [1.54, 1.807) is 0 Å². The number of hydrogen-bond donors (Lipinski definition) is 0. The van der Waals surface area contributed by atoms with Crippen LogP contribution in [-0.2, 0) is 0 Å². The summed E-state index contributed by atoms with van der Waals surface area (Å²) in [5, 5.41) is 0. The lowest BCUT2D eigenvalue weighted by Crippen LogP contribution is -2.10. The average Bonchev–Trinajstić information content (AvgIpc) is 2.19. The third-order valence-electron chi connectivity index (χ3n) is 2.56. The van der Waals surface area contributed by atoms with Crippen molar-refractivity contribution in [3.63, 3.8) is 0 Å². The maximum absolute atomic E-state index is 2.35. The summed E-state index contributed by atoms with van der Waals surface area (Å²) >= 11 is 0. The molecule has 0 N–H and O–H groups in total. The van der Waals surface area contributed by atoms with Crippen molar-refractivity contribution < 1.29 is 0 Å². The molecule has 0 heteroatoms. The van der Waals surface area contributed by atoms with E-state index in [-0.39, 0.29) is 0 Å². The molecule has 0 rings (SSSR count). The summed E-state index contributed by atoms with van der Waals surface area (Å²) in [5.41, 5.74) is 0.625. The van der Waals surface area contributed by atoms with E-state index in [2.05, 4.69) is 55.4 Å². The molecular formula is C14H34. The Morgan fingerprint density at radius 2 is 0.714 bits per heavy atom. The van der Waals surface area contributed by atoms with E-state index in [1.807, 2.05) is 0 Å². The maximum atomic E-state index is 2.35. The summed E-state index contributed by atoms with van der Waals surface area (Å²) < 4.78 is 0. The van der Waals surface area contributed by atoms with Crippen LogP contribution in [-0.4, -0.2) is 0 Å². The molecule has 0 aliphatic rings. The molecule has 0 amide bonds. The summed E-state index contributed by atoms with van der Waals surface area (Å²) in [7, 11) is 0. The van der Waals surface area contributed by atoms with Gasteiger partial charge in [0, 0.05) is 0 Å². The fourth-order valence-electron chi connectivity index (χ4n) is 0.750. The molecule has 0 saturated carbocycles. The fourth-order valence-corrected chi connectivity index (χ4v) is 0.750. The van der Waals surface area contributed by atoms with E-state index in [4.69, 9.17) is 0 Å². The topological polar surface area (TPSA) is 0 Å². The van der Waals surface area contributed by atoms with Gasteiger partial charge in [0.05, 0.1) is 0 Å². The van der Waals surface area contributed by atoms with E-state index in [9.17, 15) is 0 Å². The van der Waals surface area contributed by atoms with Gasteiger partial charge in [0.25, 0.3) is 0 Å². The minimum absolute atomic E-state index is 0.625. The highest BCUT2D eigenvalue weighted by atomic mass is 14.2. The first-order valence-corrected chi connectivity index (χ1v) is 6.51. The first-order chi connectivity index (χ1) is 6.51. The van der Waals surface area contributed by atoms with E-state index >= 15 is 0 Å². The van der Waals surface area contributed by atoms with Gasteiger partial charge in [-0.1, -0.05) is 87.5 Å². The lowest BCUT2D eigenvalue weighted by atomic mass is 9.82. The smallest absolute Gasteiger partial charge is 0.0334 e. The lowest BCUT2D eigenvalue weighted by molar-refractivity contribution is 0.286. The largest absolute Gasteiger partial charge is 0.0656 e. The van der Waals surface area contributed by atoms with Crippen LogP contribution in [0.1, 0.15) is 87.5 Å². The molecule has 0 radical (unpaired) electrons. The molecule has 0 aliphatic carbocycles. The van der Waals surface area contributed by atoms with Gasteiger partial charge in [0.1, 0.15) is 0 Å². The Bertz CT molecular complexity index is 59.8. The molecule has 0 saturated heterocycles. The first-order valence-electron chi connectivity index (χ1n) is 6.51. The van der Waals surface area contributed by atoms with E-state index in [0.717, 1.165) is 0 Å². The van der Waals surface area contributed by atoms with Gasteiger partial charge in [-0.15, -0.1) is 0 Å². The van der Waals surface area contributed by atoms with Crippen molar-refractivity contribution in [1.29, 1.82) is 0 Å². The highest BCUT2D eigenvalue weighted by Gasteiger charge is 2.15. The molecule has 0 aromatic heterocycles. The molecule has 0 aliphatic heterocycles. The molecule has 0 aromatic rings. The maximum Gasteiger partial charge on any atom is -0.0334 e. The molecule has 0 atom stereocenters. The van der Waals surface area contributed by atoms with Gasteiger partial charge in [-0.3, -0.25) is 0 Å². The van der Waals surface area contributed by atoms with Crippen molar-refractivity contribution in [3.05, 3.63) is 0 Å². The van der Waals surface area contributed by atoms with E-state index < -0.39 is 0 Å². The molecule has 0 heterocycles. The average molecular weight is 202 g/mol. The predicted molar refractivity (Wildman–Crippen MR) is 70.9 cm³/mol. The fraction of sp³-hybridized carbons (Fsp3) is 1.00. The van der Waals surface area contributed by atoms with Gasteiger partial charge >= 0.3 is 0 Å². The van der Waals surface area contributed by atoms with Crippen LogP contribution in [0, 0.1) is 5.41 Å². The van der Waals surface area contributed by atoms with Crippen LogP contribution in [0.15, 0.2) is 0 Å². The molecule has 0 spiro atoms. The van der Waals surface area contributed by atoms with Gasteiger partial charge in [0.15, 0.2) is 0 Å². The summed E-state index contributed by atoms with van der Waals surface area (Å²) in [6, 6.07) is 0. The summed E-state index contributed by atoms with van der Waals surface area (Å²) in [4.78, 5) is 0. The Kier molecular flexibility index (Phi) is 21.6. The Labute approximate surface area is 93.5 Å². The molecule has 0 aromatic carbocycles. The third kappa shape index (κ3) is 17.9. The SMILES string of the molecule is CCC.CCC.CCC(C)(CC)CC. The molecule has 0 fully saturated rings. The third-order valence-corrected chi connectivity index (χ3v) is 2.56. The minimum Gasteiger partial charge on any atom is -0.0656 e. The van der Waals surface area contributed by atoms with Crippen molar-refractivity contribution in [2.24, 2.45) is 5.41 Å². The Balaban J connectivity index is -0.000000168. The zero-order chi connectivity index (χ0) is 12.0. The molecule has 90 valence electrons. The highest BCUT2D eigenvalue weighted by molar-refractivity contribution is 4.67. The molecular weight excluding hydrogens is 168 g/mol. The number of rotatable bonds is 3. The monoisotopic (exact) mass is 202 g/mol. The van der Waals surface area contributed by atoms with Crippen LogP contribution < -0.4 is 0 Å². The molecule has 0 bridgehead atoms. The van der Waals surface area contributed by atoms with Crippen LogP contribution >= 0.6 is 0 Å². The van der Waals surface area contributed by atoms with Crippen molar-refractivity contribution in [1.82, 2.24) is 0 Å². The summed E-state index contributed by atoms with van der Waals surface area (Å²) in [5.74, 6) is 0. The molecule has 14 heavy (non-hydrogen) atoms. The highest BCUT2D eigenvalue weighted by Crippen LogP contribution is 2.28. The van der Waals surface area contributed by atoms with Crippen LogP contribution in [0.2, 0.25) is 0 Å². The van der Waals surface area contributed by atoms with Gasteiger partial charge in [-0.25, -0.2) is 0 Å². The minimum atomic E-state index is 0.625. The van der Waals surface area contributed by atoms with Crippen molar-refractivity contribution in [2.45, 2.75) is 87.5 Å². The molecule has 0 nitrogen and oxygen atoms in total. The first kappa shape index (κ1) is 19.6. The van der Waals surface area contributed by atoms with Crippen LogP contribution in [0.5, 0.6) is 0 Å². The van der Waals surface area contributed by atoms with Crippen LogP contribution in [0.4, 0.5) is 0 Å². The van der Waals surface area contributed by atoms with Crippen molar-refractivity contribution >= 4 is 0 Å². The van der Waals surface area contributed by atoms with Gasteiger partial charge in [-0.2, -0.15) is 0 Å². The van der Waals surface area contributed by atoms with Crippen molar-refractivity contribution in [3.8, 4) is 0 Å². The second kappa shape index (κ2) is 15.5.